The molecule has 1 atom stereocenters. The maximum atomic E-state index is 6.25. The van der Waals surface area contributed by atoms with Crippen molar-refractivity contribution >= 4 is 11.5 Å². The fourth-order valence-corrected chi connectivity index (χ4v) is 2.87. The van der Waals surface area contributed by atoms with Gasteiger partial charge in [0.05, 0.1) is 6.04 Å². The van der Waals surface area contributed by atoms with E-state index in [9.17, 15) is 0 Å². The van der Waals surface area contributed by atoms with Crippen LogP contribution in [0.25, 0.3) is 5.82 Å². The van der Waals surface area contributed by atoms with E-state index < -0.39 is 0 Å². The summed E-state index contributed by atoms with van der Waals surface area (Å²) < 4.78 is 1.63. The van der Waals surface area contributed by atoms with Crippen LogP contribution in [-0.2, 0) is 6.42 Å². The number of aryl methyl sites for hydroxylation is 1. The van der Waals surface area contributed by atoms with Gasteiger partial charge in [0.15, 0.2) is 11.6 Å². The molecule has 2 aromatic heterocycles. The van der Waals surface area contributed by atoms with E-state index in [1.807, 2.05) is 6.07 Å². The molecule has 0 aliphatic carbocycles. The molecule has 0 unspecified atom stereocenters. The number of nitrogen functional groups attached to an aromatic ring is 1. The minimum Gasteiger partial charge on any atom is -0.393 e. The quantitative estimate of drug-likeness (QED) is 0.680. The van der Waals surface area contributed by atoms with Crippen LogP contribution in [-0.4, -0.2) is 45.3 Å². The van der Waals surface area contributed by atoms with Gasteiger partial charge < -0.3 is 16.0 Å². The third kappa shape index (κ3) is 3.83. The number of rotatable bonds is 7. The second kappa shape index (κ2) is 7.97. The Morgan fingerprint density at radius 2 is 1.96 bits per heavy atom. The number of nitrogens with zero attached hydrogens (tertiary/aromatic N) is 5. The van der Waals surface area contributed by atoms with Crippen molar-refractivity contribution in [3.8, 4) is 5.82 Å². The summed E-state index contributed by atoms with van der Waals surface area (Å²) in [5, 5.41) is 7.55. The third-order valence-corrected chi connectivity index (χ3v) is 4.44. The van der Waals surface area contributed by atoms with Gasteiger partial charge in [0, 0.05) is 18.9 Å². The fourth-order valence-electron chi connectivity index (χ4n) is 2.87. The van der Waals surface area contributed by atoms with Crippen molar-refractivity contribution < 1.29 is 0 Å². The van der Waals surface area contributed by atoms with Gasteiger partial charge in [0.25, 0.3) is 0 Å². The Balaban J connectivity index is 1.78. The van der Waals surface area contributed by atoms with Gasteiger partial charge in [-0.15, -0.1) is 0 Å². The van der Waals surface area contributed by atoms with E-state index in [1.54, 1.807) is 17.1 Å². The number of nitrogens with one attached hydrogen (secondary N) is 1. The first-order valence-electron chi connectivity index (χ1n) is 8.69. The Hall–Kier alpha value is -2.93. The number of nitrogens with two attached hydrogens (primary N) is 1. The van der Waals surface area contributed by atoms with Crippen LogP contribution < -0.4 is 11.1 Å². The fraction of sp³-hybridized carbons (Fsp3) is 0.316. The molecule has 0 amide bonds. The maximum absolute atomic E-state index is 6.25. The molecule has 1 aromatic carbocycles. The number of aromatic nitrogens is 4. The Bertz CT molecular complexity index is 826. The standard InChI is InChI=1S/C19H25N7/c1-4-14-6-8-15(9-7-14)16(25(2)3)12-21-18-17(20)19(23-13-22-18)26-11-5-10-24-26/h5-11,13,16H,4,12,20H2,1-3H3,(H,21,22,23)/t16-/m1/s1. The Kier molecular flexibility index (Phi) is 5.48. The molecule has 3 aromatic rings. The van der Waals surface area contributed by atoms with Crippen molar-refractivity contribution in [2.45, 2.75) is 19.4 Å². The van der Waals surface area contributed by atoms with Crippen molar-refractivity contribution in [3.63, 3.8) is 0 Å². The molecule has 0 aliphatic rings. The van der Waals surface area contributed by atoms with Gasteiger partial charge in [-0.3, -0.25) is 0 Å². The number of hydrogen-bond donors (Lipinski definition) is 2. The van der Waals surface area contributed by atoms with Crippen LogP contribution in [0, 0.1) is 0 Å². The Labute approximate surface area is 153 Å². The number of hydrogen-bond acceptors (Lipinski definition) is 6. The van der Waals surface area contributed by atoms with Crippen LogP contribution in [0.15, 0.2) is 49.1 Å². The largest absolute Gasteiger partial charge is 0.393 e. The first-order chi connectivity index (χ1) is 12.6. The highest BCUT2D eigenvalue weighted by atomic mass is 15.3. The van der Waals surface area contributed by atoms with Crippen LogP contribution in [0.2, 0.25) is 0 Å². The number of benzene rings is 1. The smallest absolute Gasteiger partial charge is 0.181 e. The van der Waals surface area contributed by atoms with Crippen molar-refractivity contribution in [2.24, 2.45) is 0 Å². The van der Waals surface area contributed by atoms with E-state index in [2.05, 4.69) is 70.6 Å². The Morgan fingerprint density at radius 3 is 2.58 bits per heavy atom. The first kappa shape index (κ1) is 17.9. The van der Waals surface area contributed by atoms with E-state index in [1.165, 1.54) is 17.5 Å². The van der Waals surface area contributed by atoms with Crippen LogP contribution >= 0.6 is 0 Å². The predicted molar refractivity (Wildman–Crippen MR) is 104 cm³/mol. The van der Waals surface area contributed by atoms with Crippen molar-refractivity contribution in [1.29, 1.82) is 0 Å². The Morgan fingerprint density at radius 1 is 1.19 bits per heavy atom. The lowest BCUT2D eigenvalue weighted by Gasteiger charge is -2.26. The summed E-state index contributed by atoms with van der Waals surface area (Å²) in [7, 11) is 4.14. The molecule has 7 nitrogen and oxygen atoms in total. The van der Waals surface area contributed by atoms with Gasteiger partial charge in [-0.25, -0.2) is 14.6 Å². The van der Waals surface area contributed by atoms with Gasteiger partial charge in [-0.05, 0) is 37.7 Å². The lowest BCUT2D eigenvalue weighted by atomic mass is 10.0. The summed E-state index contributed by atoms with van der Waals surface area (Å²) in [6.07, 6.45) is 6.03. The molecule has 0 fully saturated rings. The number of likely N-dealkylation sites (N-methyl/N-ethyl adjacent to an activating group) is 1. The second-order valence-corrected chi connectivity index (χ2v) is 6.37. The van der Waals surface area contributed by atoms with E-state index in [0.29, 0.717) is 23.9 Å². The van der Waals surface area contributed by atoms with Gasteiger partial charge in [0.1, 0.15) is 12.0 Å². The molecule has 0 saturated heterocycles. The molecule has 0 aliphatic heterocycles. The summed E-state index contributed by atoms with van der Waals surface area (Å²) in [5.74, 6) is 1.18. The summed E-state index contributed by atoms with van der Waals surface area (Å²) in [6, 6.07) is 10.8. The van der Waals surface area contributed by atoms with E-state index in [-0.39, 0.29) is 6.04 Å². The normalized spacial score (nSPS) is 12.3. The highest BCUT2D eigenvalue weighted by Crippen LogP contribution is 2.24. The molecule has 7 heteroatoms. The average molecular weight is 351 g/mol. The molecule has 26 heavy (non-hydrogen) atoms. The zero-order chi connectivity index (χ0) is 18.5. The van der Waals surface area contributed by atoms with Gasteiger partial charge in [0.2, 0.25) is 0 Å². The SMILES string of the molecule is CCc1ccc([C@@H](CNc2ncnc(-n3cccn3)c2N)N(C)C)cc1. The topological polar surface area (TPSA) is 84.9 Å². The molecular weight excluding hydrogens is 326 g/mol. The highest BCUT2D eigenvalue weighted by molar-refractivity contribution is 5.68. The minimum absolute atomic E-state index is 0.198. The lowest BCUT2D eigenvalue weighted by molar-refractivity contribution is 0.311. The molecule has 136 valence electrons. The van der Waals surface area contributed by atoms with E-state index in [4.69, 9.17) is 5.73 Å². The second-order valence-electron chi connectivity index (χ2n) is 6.37. The van der Waals surface area contributed by atoms with Crippen LogP contribution in [0.4, 0.5) is 11.5 Å². The van der Waals surface area contributed by atoms with Gasteiger partial charge in [-0.1, -0.05) is 31.2 Å². The molecule has 2 heterocycles. The summed E-state index contributed by atoms with van der Waals surface area (Å²) >= 11 is 0. The summed E-state index contributed by atoms with van der Waals surface area (Å²) in [5.41, 5.74) is 9.32. The third-order valence-electron chi connectivity index (χ3n) is 4.44. The molecule has 0 bridgehead atoms. The van der Waals surface area contributed by atoms with E-state index in [0.717, 1.165) is 6.42 Å². The van der Waals surface area contributed by atoms with Crippen molar-refractivity contribution in [2.75, 3.05) is 31.7 Å². The molecular formula is C19H25N7. The monoisotopic (exact) mass is 351 g/mol. The molecule has 0 radical (unpaired) electrons. The maximum Gasteiger partial charge on any atom is 0.181 e. The zero-order valence-corrected chi connectivity index (χ0v) is 15.4. The molecule has 3 N–H and O–H groups in total. The van der Waals surface area contributed by atoms with Gasteiger partial charge in [-0.2, -0.15) is 5.10 Å². The van der Waals surface area contributed by atoms with Crippen molar-refractivity contribution in [1.82, 2.24) is 24.6 Å². The van der Waals surface area contributed by atoms with Crippen molar-refractivity contribution in [3.05, 3.63) is 60.2 Å². The minimum atomic E-state index is 0.198. The molecule has 0 spiro atoms. The van der Waals surface area contributed by atoms with Crippen LogP contribution in [0.5, 0.6) is 0 Å². The average Bonchev–Trinajstić information content (AvgIpc) is 3.18. The number of anilines is 2. The highest BCUT2D eigenvalue weighted by Gasteiger charge is 2.16. The van der Waals surface area contributed by atoms with Crippen LogP contribution in [0.3, 0.4) is 0 Å². The van der Waals surface area contributed by atoms with E-state index >= 15 is 0 Å². The van der Waals surface area contributed by atoms with Gasteiger partial charge >= 0.3 is 0 Å². The first-order valence-corrected chi connectivity index (χ1v) is 8.69. The molecule has 3 rings (SSSR count). The predicted octanol–water partition coefficient (Wildman–Crippen LogP) is 2.52. The molecule has 0 saturated carbocycles. The summed E-state index contributed by atoms with van der Waals surface area (Å²) in [4.78, 5) is 10.7. The summed E-state index contributed by atoms with van der Waals surface area (Å²) in [6.45, 7) is 2.84. The zero-order valence-electron chi connectivity index (χ0n) is 15.4. The lowest BCUT2D eigenvalue weighted by Crippen LogP contribution is -2.27. The van der Waals surface area contributed by atoms with Crippen LogP contribution in [0.1, 0.15) is 24.1 Å².